The van der Waals surface area contributed by atoms with Gasteiger partial charge in [-0.1, -0.05) is 24.3 Å². The number of nitrogens with zero attached hydrogens (tertiary/aromatic N) is 7. The Bertz CT molecular complexity index is 1920. The molecule has 1 saturated carbocycles. The highest BCUT2D eigenvalue weighted by atomic mass is 32.2. The lowest BCUT2D eigenvalue weighted by atomic mass is 9.79. The van der Waals surface area contributed by atoms with Gasteiger partial charge in [-0.2, -0.15) is 9.35 Å². The van der Waals surface area contributed by atoms with E-state index in [1.165, 1.54) is 29.0 Å². The van der Waals surface area contributed by atoms with Crippen LogP contribution in [0.25, 0.3) is 16.9 Å². The van der Waals surface area contributed by atoms with Gasteiger partial charge in [0.1, 0.15) is 5.39 Å². The molecule has 4 aliphatic rings. The molecular formula is C30H32N8O3S. The number of piperidine rings is 3. The van der Waals surface area contributed by atoms with Gasteiger partial charge in [-0.15, -0.1) is 6.58 Å². The second-order valence-corrected chi connectivity index (χ2v) is 14.1. The number of rotatable bonds is 7. The first kappa shape index (κ1) is 26.7. The maximum atomic E-state index is 13.3. The Kier molecular flexibility index (Phi) is 6.17. The molecule has 6 heterocycles. The van der Waals surface area contributed by atoms with Crippen LogP contribution in [0.5, 0.6) is 0 Å². The number of aromatic nitrogens is 5. The largest absolute Gasteiger partial charge is 0.324 e. The van der Waals surface area contributed by atoms with Gasteiger partial charge in [0.2, 0.25) is 5.95 Å². The zero-order chi connectivity index (χ0) is 29.2. The molecule has 0 amide bonds. The van der Waals surface area contributed by atoms with E-state index in [0.29, 0.717) is 34.4 Å². The van der Waals surface area contributed by atoms with E-state index in [1.54, 1.807) is 29.0 Å². The van der Waals surface area contributed by atoms with Gasteiger partial charge in [-0.3, -0.25) is 14.5 Å². The third-order valence-electron chi connectivity index (χ3n) is 8.59. The van der Waals surface area contributed by atoms with Crippen LogP contribution in [0, 0.1) is 5.92 Å². The van der Waals surface area contributed by atoms with Crippen LogP contribution < -0.4 is 10.9 Å². The van der Waals surface area contributed by atoms with Crippen molar-refractivity contribution in [3.63, 3.8) is 0 Å². The highest BCUT2D eigenvalue weighted by molar-refractivity contribution is 7.92. The number of pyridine rings is 1. The smallest absolute Gasteiger partial charge is 0.278 e. The van der Waals surface area contributed by atoms with Gasteiger partial charge in [0.25, 0.3) is 5.56 Å². The zero-order valence-electron chi connectivity index (χ0n) is 23.6. The van der Waals surface area contributed by atoms with Crippen molar-refractivity contribution in [3.05, 3.63) is 77.2 Å². The molecule has 216 valence electrons. The highest BCUT2D eigenvalue weighted by Crippen LogP contribution is 2.61. The molecule has 0 radical (unpaired) electrons. The van der Waals surface area contributed by atoms with Gasteiger partial charge in [-0.25, -0.2) is 23.5 Å². The van der Waals surface area contributed by atoms with Crippen LogP contribution >= 0.6 is 0 Å². The molecule has 0 unspecified atom stereocenters. The standard InChI is InChI=1S/C30H32N8O3S/c1-4-14-37-28(40)22-18-31-29(34-27(22)38(37)25-7-5-6-24(33-25)35-42(2,3)41)32-21-10-8-19(9-11-21)23-17-30(23)26(39)20-12-15-36(30)16-13-20/h4-11,18,20,23H,1,12-17H2,2-3H3,(H,31,32,34)/t23-,30+/m0/s1. The van der Waals surface area contributed by atoms with E-state index in [1.807, 2.05) is 12.1 Å². The molecule has 4 fully saturated rings. The fourth-order valence-corrected chi connectivity index (χ4v) is 7.21. The van der Waals surface area contributed by atoms with Crippen molar-refractivity contribution in [1.82, 2.24) is 29.2 Å². The summed E-state index contributed by atoms with van der Waals surface area (Å²) in [5.74, 6) is 1.94. The van der Waals surface area contributed by atoms with Gasteiger partial charge in [0.15, 0.2) is 23.1 Å². The average molecular weight is 585 g/mol. The molecule has 1 aliphatic carbocycles. The molecule has 3 aliphatic heterocycles. The Labute approximate surface area is 243 Å². The number of fused-ring (bicyclic) bond motifs is 3. The van der Waals surface area contributed by atoms with Crippen molar-refractivity contribution in [2.75, 3.05) is 30.9 Å². The molecule has 2 bridgehead atoms. The van der Waals surface area contributed by atoms with Crippen molar-refractivity contribution in [1.29, 1.82) is 0 Å². The van der Waals surface area contributed by atoms with Crippen molar-refractivity contribution in [2.24, 2.45) is 10.3 Å². The molecule has 12 heteroatoms. The van der Waals surface area contributed by atoms with Gasteiger partial charge in [-0.05, 0) is 62.2 Å². The summed E-state index contributed by atoms with van der Waals surface area (Å²) < 4.78 is 19.6. The minimum Gasteiger partial charge on any atom is -0.324 e. The lowest BCUT2D eigenvalue weighted by molar-refractivity contribution is -0.139. The quantitative estimate of drug-likeness (QED) is 0.325. The fourth-order valence-electron chi connectivity index (χ4n) is 6.66. The first-order valence-electron chi connectivity index (χ1n) is 14.1. The van der Waals surface area contributed by atoms with Crippen LogP contribution in [-0.2, 0) is 21.1 Å². The van der Waals surface area contributed by atoms with E-state index >= 15 is 0 Å². The second-order valence-electron chi connectivity index (χ2n) is 11.6. The molecule has 1 N–H and O–H groups in total. The Balaban J connectivity index is 1.20. The van der Waals surface area contributed by atoms with Gasteiger partial charge in [0, 0.05) is 46.0 Å². The highest BCUT2D eigenvalue weighted by Gasteiger charge is 2.67. The summed E-state index contributed by atoms with van der Waals surface area (Å²) in [6.07, 6.45) is 9.11. The first-order valence-corrected chi connectivity index (χ1v) is 16.4. The van der Waals surface area contributed by atoms with Crippen LogP contribution in [0.2, 0.25) is 0 Å². The maximum absolute atomic E-state index is 13.3. The van der Waals surface area contributed by atoms with E-state index in [9.17, 15) is 13.8 Å². The molecule has 11 nitrogen and oxygen atoms in total. The summed E-state index contributed by atoms with van der Waals surface area (Å²) in [7, 11) is -2.43. The number of hydrogen-bond donors (Lipinski definition) is 1. The minimum atomic E-state index is -2.43. The van der Waals surface area contributed by atoms with Crippen LogP contribution in [0.4, 0.5) is 17.5 Å². The summed E-state index contributed by atoms with van der Waals surface area (Å²) in [6.45, 7) is 6.07. The van der Waals surface area contributed by atoms with E-state index in [4.69, 9.17) is 4.98 Å². The summed E-state index contributed by atoms with van der Waals surface area (Å²) in [5.41, 5.74) is 1.78. The lowest BCUT2D eigenvalue weighted by Gasteiger charge is -2.45. The molecular weight excluding hydrogens is 552 g/mol. The van der Waals surface area contributed by atoms with Crippen molar-refractivity contribution < 1.29 is 9.00 Å². The Morgan fingerprint density at radius 3 is 2.57 bits per heavy atom. The van der Waals surface area contributed by atoms with Gasteiger partial charge < -0.3 is 5.32 Å². The minimum absolute atomic E-state index is 0.226. The van der Waals surface area contributed by atoms with Crippen LogP contribution in [0.15, 0.2) is 70.5 Å². The van der Waals surface area contributed by atoms with E-state index in [-0.39, 0.29) is 29.5 Å². The topological polar surface area (TPSA) is 127 Å². The van der Waals surface area contributed by atoms with Crippen LogP contribution in [0.3, 0.4) is 0 Å². The summed E-state index contributed by atoms with van der Waals surface area (Å²) >= 11 is 0. The first-order chi connectivity index (χ1) is 20.2. The monoisotopic (exact) mass is 584 g/mol. The molecule has 4 aromatic rings. The molecule has 3 aromatic heterocycles. The second kappa shape index (κ2) is 9.70. The number of allylic oxidation sites excluding steroid dienone is 1. The van der Waals surface area contributed by atoms with E-state index < -0.39 is 9.73 Å². The van der Waals surface area contributed by atoms with E-state index in [0.717, 1.165) is 38.0 Å². The number of carbonyl (C=O) groups excluding carboxylic acids is 1. The van der Waals surface area contributed by atoms with Gasteiger partial charge in [0.05, 0.1) is 12.1 Å². The van der Waals surface area contributed by atoms with Crippen LogP contribution in [-0.4, -0.2) is 70.3 Å². The third-order valence-corrected chi connectivity index (χ3v) is 9.21. The third kappa shape index (κ3) is 4.36. The Hall–Kier alpha value is -4.16. The normalized spacial score (nSPS) is 24.7. The molecule has 8 rings (SSSR count). The predicted molar refractivity (Wildman–Crippen MR) is 162 cm³/mol. The molecule has 42 heavy (non-hydrogen) atoms. The summed E-state index contributed by atoms with van der Waals surface area (Å²) in [4.78, 5) is 42.5. The number of benzene rings is 1. The number of ketones is 1. The predicted octanol–water partition coefficient (Wildman–Crippen LogP) is 3.79. The number of Topliss-reactive ketones (excluding diaryl/α,β-unsaturated/α-hetero) is 1. The van der Waals surface area contributed by atoms with E-state index in [2.05, 4.69) is 43.3 Å². The molecule has 1 spiro atoms. The number of carbonyl (C=O) groups is 1. The fraction of sp³-hybridized carbons (Fsp3) is 0.367. The number of hydrogen-bond acceptors (Lipinski definition) is 9. The van der Waals surface area contributed by atoms with Crippen molar-refractivity contribution >= 4 is 44.0 Å². The number of anilines is 2. The molecule has 3 saturated heterocycles. The van der Waals surface area contributed by atoms with Crippen molar-refractivity contribution in [3.8, 4) is 5.82 Å². The SMILES string of the molecule is C=CCn1c(=O)c2cnc(Nc3ccc([C@@H]4C[C@]45C(=O)C4CCN5CC4)cc3)nc2n1-c1cccc(N=S(C)(C)=O)n1. The molecule has 1 aromatic carbocycles. The Morgan fingerprint density at radius 2 is 1.88 bits per heavy atom. The van der Waals surface area contributed by atoms with Gasteiger partial charge >= 0.3 is 0 Å². The zero-order valence-corrected chi connectivity index (χ0v) is 24.4. The average Bonchev–Trinajstić information content (AvgIpc) is 3.64. The Morgan fingerprint density at radius 1 is 1.12 bits per heavy atom. The summed E-state index contributed by atoms with van der Waals surface area (Å²) in [5, 5.41) is 3.58. The maximum Gasteiger partial charge on any atom is 0.278 e. The lowest BCUT2D eigenvalue weighted by Crippen LogP contribution is -2.58. The van der Waals surface area contributed by atoms with Crippen molar-refractivity contribution in [2.45, 2.75) is 37.3 Å². The molecule has 2 atom stereocenters. The number of nitrogens with one attached hydrogen (secondary N) is 1. The summed E-state index contributed by atoms with van der Waals surface area (Å²) in [6, 6.07) is 13.3. The van der Waals surface area contributed by atoms with Crippen LogP contribution in [0.1, 0.15) is 30.7 Å².